The predicted octanol–water partition coefficient (Wildman–Crippen LogP) is 6.73. The minimum Gasteiger partial charge on any atom is -0.454 e. The summed E-state index contributed by atoms with van der Waals surface area (Å²) < 4.78 is 24.9. The Hall–Kier alpha value is -3.62. The molecule has 2 aliphatic rings. The first kappa shape index (κ1) is 25.6. The van der Waals surface area contributed by atoms with Crippen molar-refractivity contribution in [2.24, 2.45) is 0 Å². The molecule has 0 aliphatic carbocycles. The zero-order valence-electron chi connectivity index (χ0n) is 22.4. The van der Waals surface area contributed by atoms with Gasteiger partial charge in [0.15, 0.2) is 23.0 Å². The van der Waals surface area contributed by atoms with Crippen LogP contribution < -0.4 is 18.9 Å². The number of thioether (sulfide) groups is 1. The Morgan fingerprint density at radius 3 is 2.00 bits per heavy atom. The fourth-order valence-electron chi connectivity index (χ4n) is 5.12. The van der Waals surface area contributed by atoms with Crippen LogP contribution in [-0.4, -0.2) is 34.3 Å². The molecule has 0 saturated heterocycles. The summed E-state index contributed by atoms with van der Waals surface area (Å²) in [6.07, 6.45) is 4.34. The van der Waals surface area contributed by atoms with Crippen molar-refractivity contribution in [2.75, 3.05) is 19.8 Å². The van der Waals surface area contributed by atoms with E-state index in [-0.39, 0.29) is 13.6 Å². The molecule has 4 aromatic rings. The van der Waals surface area contributed by atoms with Gasteiger partial charge in [0.1, 0.15) is 10.9 Å². The van der Waals surface area contributed by atoms with E-state index in [9.17, 15) is 0 Å². The highest BCUT2D eigenvalue weighted by Crippen LogP contribution is 2.36. The van der Waals surface area contributed by atoms with Crippen LogP contribution in [0, 0.1) is 0 Å². The number of benzene rings is 3. The van der Waals surface area contributed by atoms with E-state index < -0.39 is 0 Å². The molecule has 3 aromatic carbocycles. The highest BCUT2D eigenvalue weighted by molar-refractivity contribution is 7.98. The first-order valence-electron chi connectivity index (χ1n) is 13.4. The molecule has 0 N–H and O–H groups in total. The largest absolute Gasteiger partial charge is 0.454 e. The van der Waals surface area contributed by atoms with Crippen LogP contribution in [0.25, 0.3) is 11.4 Å². The van der Waals surface area contributed by atoms with E-state index in [1.165, 1.54) is 16.8 Å². The summed E-state index contributed by atoms with van der Waals surface area (Å²) in [5.74, 6) is 4.25. The molecule has 0 saturated carbocycles. The van der Waals surface area contributed by atoms with Crippen LogP contribution >= 0.6 is 11.8 Å². The summed E-state index contributed by atoms with van der Waals surface area (Å²) in [7, 11) is 0. The van der Waals surface area contributed by atoms with Gasteiger partial charge in [0.05, 0.1) is 5.69 Å². The highest BCUT2D eigenvalue weighted by atomic mass is 32.2. The number of nitrogens with zero attached hydrogens (tertiary/aromatic N) is 3. The minimum absolute atomic E-state index is 0.273. The summed E-state index contributed by atoms with van der Waals surface area (Å²) in [5.41, 5.74) is 4.74. The van der Waals surface area contributed by atoms with Crippen molar-refractivity contribution in [3.63, 3.8) is 0 Å². The van der Waals surface area contributed by atoms with Gasteiger partial charge in [0.25, 0.3) is 0 Å². The topological polar surface area (TPSA) is 58.0 Å². The van der Waals surface area contributed by atoms with Gasteiger partial charge in [-0.05, 0) is 48.1 Å². The molecule has 3 heterocycles. The lowest BCUT2D eigenvalue weighted by atomic mass is 10.1. The molecule has 6 rings (SSSR count). The summed E-state index contributed by atoms with van der Waals surface area (Å²) in [6, 6.07) is 23.0. The van der Waals surface area contributed by atoms with Crippen LogP contribution in [-0.2, 0) is 26.2 Å². The van der Waals surface area contributed by atoms with E-state index in [2.05, 4.69) is 77.2 Å². The van der Waals surface area contributed by atoms with E-state index in [0.29, 0.717) is 0 Å². The number of hydrogen-bond acceptors (Lipinski definition) is 7. The third-order valence-electron chi connectivity index (χ3n) is 7.06. The second-order valence-electron chi connectivity index (χ2n) is 9.78. The Bertz CT molecular complexity index is 1380. The van der Waals surface area contributed by atoms with Gasteiger partial charge in [-0.3, -0.25) is 4.90 Å². The van der Waals surface area contributed by atoms with Crippen LogP contribution in [0.15, 0.2) is 71.8 Å². The summed E-state index contributed by atoms with van der Waals surface area (Å²) >= 11 is 1.71. The molecule has 0 spiro atoms. The Morgan fingerprint density at radius 1 is 0.795 bits per heavy atom. The number of aromatic nitrogens is 2. The minimum atomic E-state index is 0.273. The molecular formula is C31H33N3O4S. The van der Waals surface area contributed by atoms with Gasteiger partial charge >= 0.3 is 0 Å². The maximum Gasteiger partial charge on any atom is 0.231 e. The van der Waals surface area contributed by atoms with Gasteiger partial charge < -0.3 is 23.5 Å². The van der Waals surface area contributed by atoms with E-state index in [1.807, 2.05) is 12.1 Å². The summed E-state index contributed by atoms with van der Waals surface area (Å²) in [6.45, 7) is 5.97. The van der Waals surface area contributed by atoms with E-state index >= 15 is 0 Å². The average molecular weight is 544 g/mol. The van der Waals surface area contributed by atoms with Crippen molar-refractivity contribution < 1.29 is 18.9 Å². The molecular weight excluding hydrogens is 510 g/mol. The zero-order valence-corrected chi connectivity index (χ0v) is 23.2. The van der Waals surface area contributed by atoms with E-state index in [0.717, 1.165) is 78.4 Å². The molecule has 7 nitrogen and oxygen atoms in total. The van der Waals surface area contributed by atoms with Crippen LogP contribution in [0.3, 0.4) is 0 Å². The van der Waals surface area contributed by atoms with Crippen molar-refractivity contribution in [2.45, 2.75) is 51.0 Å². The smallest absolute Gasteiger partial charge is 0.231 e. The highest BCUT2D eigenvalue weighted by Gasteiger charge is 2.22. The van der Waals surface area contributed by atoms with Gasteiger partial charge in [0.2, 0.25) is 13.6 Å². The number of hydrogen-bond donors (Lipinski definition) is 0. The fraction of sp³-hybridized carbons (Fsp3) is 0.323. The number of fused-ring (bicyclic) bond motifs is 2. The zero-order chi connectivity index (χ0) is 26.6. The van der Waals surface area contributed by atoms with E-state index in [1.54, 1.807) is 11.8 Å². The SMILES string of the molecule is CCCCn1c(-c2ccccc2)nc(SC)c1CN(Cc1ccc2c(c1)OCO2)Cc1ccc2c(c1)OCO2. The Labute approximate surface area is 233 Å². The molecule has 0 fully saturated rings. The lowest BCUT2D eigenvalue weighted by Gasteiger charge is -2.24. The van der Waals surface area contributed by atoms with Gasteiger partial charge in [-0.25, -0.2) is 4.98 Å². The molecule has 2 aliphatic heterocycles. The van der Waals surface area contributed by atoms with Crippen LogP contribution in [0.4, 0.5) is 0 Å². The standard InChI is InChI=1S/C31H33N3O4S/c1-3-4-14-34-25(31(39-2)32-30(34)24-8-6-5-7-9-24)19-33(17-22-10-12-26-28(15-22)37-20-35-26)18-23-11-13-27-29(16-23)38-21-36-27/h5-13,15-16H,3-4,14,17-21H2,1-2H3. The van der Waals surface area contributed by atoms with Crippen molar-refractivity contribution in [1.29, 1.82) is 0 Å². The van der Waals surface area contributed by atoms with Gasteiger partial charge in [-0.15, -0.1) is 11.8 Å². The van der Waals surface area contributed by atoms with E-state index in [4.69, 9.17) is 23.9 Å². The Balaban J connectivity index is 1.36. The maximum absolute atomic E-state index is 5.67. The molecule has 0 amide bonds. The molecule has 1 aromatic heterocycles. The van der Waals surface area contributed by atoms with Crippen LogP contribution in [0.1, 0.15) is 36.6 Å². The van der Waals surface area contributed by atoms with Crippen molar-refractivity contribution >= 4 is 11.8 Å². The quantitative estimate of drug-likeness (QED) is 0.194. The van der Waals surface area contributed by atoms with Gasteiger partial charge in [-0.1, -0.05) is 55.8 Å². The van der Waals surface area contributed by atoms with Crippen molar-refractivity contribution in [1.82, 2.24) is 14.5 Å². The second kappa shape index (κ2) is 11.6. The van der Waals surface area contributed by atoms with Gasteiger partial charge in [-0.2, -0.15) is 0 Å². The third kappa shape index (κ3) is 5.58. The first-order valence-corrected chi connectivity index (χ1v) is 14.6. The second-order valence-corrected chi connectivity index (χ2v) is 10.6. The molecule has 0 atom stereocenters. The predicted molar refractivity (Wildman–Crippen MR) is 152 cm³/mol. The molecule has 0 bridgehead atoms. The molecule has 39 heavy (non-hydrogen) atoms. The van der Waals surface area contributed by atoms with Crippen LogP contribution in [0.2, 0.25) is 0 Å². The van der Waals surface area contributed by atoms with Crippen LogP contribution in [0.5, 0.6) is 23.0 Å². The number of rotatable bonds is 11. The summed E-state index contributed by atoms with van der Waals surface area (Å²) in [5, 5.41) is 1.08. The van der Waals surface area contributed by atoms with Gasteiger partial charge in [0, 0.05) is 31.7 Å². The Morgan fingerprint density at radius 2 is 1.41 bits per heavy atom. The monoisotopic (exact) mass is 543 g/mol. The van der Waals surface area contributed by atoms with Crippen molar-refractivity contribution in [3.8, 4) is 34.4 Å². The number of unbranched alkanes of at least 4 members (excludes halogenated alkanes) is 1. The molecule has 8 heteroatoms. The molecule has 0 unspecified atom stereocenters. The lowest BCUT2D eigenvalue weighted by Crippen LogP contribution is -2.24. The fourth-order valence-corrected chi connectivity index (χ4v) is 5.71. The Kier molecular flexibility index (Phi) is 7.65. The summed E-state index contributed by atoms with van der Waals surface area (Å²) in [4.78, 5) is 7.60. The maximum atomic E-state index is 5.67. The molecule has 202 valence electrons. The average Bonchev–Trinajstić information content (AvgIpc) is 3.70. The normalized spacial score (nSPS) is 13.4. The van der Waals surface area contributed by atoms with Crippen molar-refractivity contribution in [3.05, 3.63) is 83.6 Å². The molecule has 0 radical (unpaired) electrons. The number of ether oxygens (including phenoxy) is 4. The third-order valence-corrected chi connectivity index (χ3v) is 7.77. The first-order chi connectivity index (χ1) is 19.2. The lowest BCUT2D eigenvalue weighted by molar-refractivity contribution is 0.173. The number of imidazole rings is 1.